The lowest BCUT2D eigenvalue weighted by molar-refractivity contribution is -0.137. The monoisotopic (exact) mass is 158 g/mol. The molecule has 1 aromatic heterocycles. The number of aryl methyl sites for hydroxylation is 1. The predicted octanol–water partition coefficient (Wildman–Crippen LogP) is 0.415. The van der Waals surface area contributed by atoms with Gasteiger partial charge in [-0.15, -0.1) is 5.10 Å². The number of nitrogens with zero attached hydrogens (tertiary/aromatic N) is 2. The first-order chi connectivity index (χ1) is 5.09. The van der Waals surface area contributed by atoms with Gasteiger partial charge in [0.05, 0.1) is 0 Å². The Kier molecular flexibility index (Phi) is 1.89. The summed E-state index contributed by atoms with van der Waals surface area (Å²) in [5, 5.41) is 11.6. The largest absolute Gasteiger partial charge is 0.480 e. The van der Waals surface area contributed by atoms with Crippen LogP contribution in [0.4, 0.5) is 4.39 Å². The third-order valence-corrected chi connectivity index (χ3v) is 1.24. The topological polar surface area (TPSA) is 55.1 Å². The number of aliphatic carboxylic acids is 1. The molecular weight excluding hydrogens is 151 g/mol. The number of aromatic nitrogens is 2. The summed E-state index contributed by atoms with van der Waals surface area (Å²) < 4.78 is 13.4. The van der Waals surface area contributed by atoms with Crippen molar-refractivity contribution >= 4 is 5.97 Å². The van der Waals surface area contributed by atoms with Gasteiger partial charge in [0.15, 0.2) is 0 Å². The van der Waals surface area contributed by atoms with Gasteiger partial charge >= 0.3 is 5.97 Å². The van der Waals surface area contributed by atoms with E-state index in [4.69, 9.17) is 5.11 Å². The van der Waals surface area contributed by atoms with E-state index in [0.29, 0.717) is 5.69 Å². The van der Waals surface area contributed by atoms with Crippen molar-refractivity contribution in [2.45, 2.75) is 13.5 Å². The van der Waals surface area contributed by atoms with Crippen molar-refractivity contribution in [2.24, 2.45) is 0 Å². The van der Waals surface area contributed by atoms with Crippen molar-refractivity contribution in [3.8, 4) is 0 Å². The zero-order valence-corrected chi connectivity index (χ0v) is 5.91. The van der Waals surface area contributed by atoms with E-state index in [0.717, 1.165) is 4.68 Å². The van der Waals surface area contributed by atoms with Crippen molar-refractivity contribution in [1.29, 1.82) is 0 Å². The molecule has 0 saturated heterocycles. The predicted molar refractivity (Wildman–Crippen MR) is 34.6 cm³/mol. The first-order valence-electron chi connectivity index (χ1n) is 3.01. The first kappa shape index (κ1) is 7.71. The van der Waals surface area contributed by atoms with Crippen LogP contribution in [0.1, 0.15) is 5.69 Å². The summed E-state index contributed by atoms with van der Waals surface area (Å²) in [6, 6.07) is 1.18. The van der Waals surface area contributed by atoms with E-state index in [2.05, 4.69) is 5.10 Å². The van der Waals surface area contributed by atoms with Crippen molar-refractivity contribution < 1.29 is 14.3 Å². The minimum Gasteiger partial charge on any atom is -0.480 e. The van der Waals surface area contributed by atoms with Gasteiger partial charge in [0.1, 0.15) is 6.54 Å². The SMILES string of the molecule is Cc1cc(F)nn1CC(=O)O. The molecule has 1 N–H and O–H groups in total. The Morgan fingerprint density at radius 2 is 2.55 bits per heavy atom. The Balaban J connectivity index is 2.85. The lowest BCUT2D eigenvalue weighted by atomic mass is 10.5. The minimum atomic E-state index is -1.03. The van der Waals surface area contributed by atoms with Crippen molar-refractivity contribution in [3.05, 3.63) is 17.7 Å². The van der Waals surface area contributed by atoms with E-state index >= 15 is 0 Å². The smallest absolute Gasteiger partial charge is 0.325 e. The fourth-order valence-electron chi connectivity index (χ4n) is 0.758. The number of halogens is 1. The maximum absolute atomic E-state index is 12.3. The third kappa shape index (κ3) is 1.76. The second-order valence-corrected chi connectivity index (χ2v) is 2.16. The van der Waals surface area contributed by atoms with Gasteiger partial charge in [-0.3, -0.25) is 9.48 Å². The van der Waals surface area contributed by atoms with Gasteiger partial charge < -0.3 is 5.11 Å². The molecule has 60 valence electrons. The van der Waals surface area contributed by atoms with E-state index in [-0.39, 0.29) is 6.54 Å². The Hall–Kier alpha value is -1.39. The van der Waals surface area contributed by atoms with Gasteiger partial charge in [0, 0.05) is 11.8 Å². The van der Waals surface area contributed by atoms with Crippen molar-refractivity contribution in [3.63, 3.8) is 0 Å². The van der Waals surface area contributed by atoms with Crippen LogP contribution >= 0.6 is 0 Å². The molecule has 0 saturated carbocycles. The molecule has 5 heteroatoms. The summed E-state index contributed by atoms with van der Waals surface area (Å²) in [6.45, 7) is 1.30. The Bertz CT molecular complexity index is 282. The molecule has 0 spiro atoms. The van der Waals surface area contributed by atoms with Crippen molar-refractivity contribution in [1.82, 2.24) is 9.78 Å². The van der Waals surface area contributed by atoms with Crippen LogP contribution in [0.25, 0.3) is 0 Å². The molecule has 0 aliphatic carbocycles. The van der Waals surface area contributed by atoms with Crippen LogP contribution in [0, 0.1) is 12.9 Å². The maximum Gasteiger partial charge on any atom is 0.325 e. The van der Waals surface area contributed by atoms with Crippen LogP contribution in [0.3, 0.4) is 0 Å². The number of hydrogen-bond donors (Lipinski definition) is 1. The summed E-state index contributed by atoms with van der Waals surface area (Å²) >= 11 is 0. The van der Waals surface area contributed by atoms with E-state index < -0.39 is 11.9 Å². The van der Waals surface area contributed by atoms with Crippen LogP contribution < -0.4 is 0 Å². The molecule has 0 aliphatic rings. The molecule has 0 fully saturated rings. The Labute approximate surface area is 62.3 Å². The van der Waals surface area contributed by atoms with E-state index in [1.54, 1.807) is 6.92 Å². The number of hydrogen-bond acceptors (Lipinski definition) is 2. The van der Waals surface area contributed by atoms with Crippen LogP contribution in [0.5, 0.6) is 0 Å². The fraction of sp³-hybridized carbons (Fsp3) is 0.333. The van der Waals surface area contributed by atoms with Crippen LogP contribution in [0.15, 0.2) is 6.07 Å². The third-order valence-electron chi connectivity index (χ3n) is 1.24. The van der Waals surface area contributed by atoms with Gasteiger partial charge in [0.2, 0.25) is 5.95 Å². The van der Waals surface area contributed by atoms with Gasteiger partial charge in [-0.25, -0.2) is 0 Å². The highest BCUT2D eigenvalue weighted by Crippen LogP contribution is 2.00. The molecule has 1 aromatic rings. The number of carboxylic acid groups (broad SMARTS) is 1. The average Bonchev–Trinajstić information content (AvgIpc) is 2.09. The number of rotatable bonds is 2. The average molecular weight is 158 g/mol. The molecule has 0 bridgehead atoms. The highest BCUT2D eigenvalue weighted by molar-refractivity contribution is 5.66. The van der Waals surface area contributed by atoms with Gasteiger partial charge in [0.25, 0.3) is 0 Å². The van der Waals surface area contributed by atoms with Gasteiger partial charge in [-0.05, 0) is 6.92 Å². The summed E-state index contributed by atoms with van der Waals surface area (Å²) in [5.41, 5.74) is 0.505. The summed E-state index contributed by atoms with van der Waals surface area (Å²) in [7, 11) is 0. The summed E-state index contributed by atoms with van der Waals surface area (Å²) in [6.07, 6.45) is 0. The van der Waals surface area contributed by atoms with Gasteiger partial charge in [-0.1, -0.05) is 0 Å². The normalized spacial score (nSPS) is 10.0. The molecule has 0 amide bonds. The van der Waals surface area contributed by atoms with Crippen LogP contribution in [-0.4, -0.2) is 20.9 Å². The lowest BCUT2D eigenvalue weighted by Gasteiger charge is -1.96. The molecule has 0 atom stereocenters. The Morgan fingerprint density at radius 3 is 2.91 bits per heavy atom. The maximum atomic E-state index is 12.3. The van der Waals surface area contributed by atoms with Crippen molar-refractivity contribution in [2.75, 3.05) is 0 Å². The zero-order chi connectivity index (χ0) is 8.43. The first-order valence-corrected chi connectivity index (χ1v) is 3.01. The highest BCUT2D eigenvalue weighted by Gasteiger charge is 2.05. The standard InChI is InChI=1S/C6H7FN2O2/c1-4-2-5(7)8-9(4)3-6(10)11/h2H,3H2,1H3,(H,10,11). The van der Waals surface area contributed by atoms with E-state index in [1.807, 2.05) is 0 Å². The molecule has 0 aliphatic heterocycles. The van der Waals surface area contributed by atoms with E-state index in [1.165, 1.54) is 6.07 Å². The second-order valence-electron chi connectivity index (χ2n) is 2.16. The van der Waals surface area contributed by atoms with E-state index in [9.17, 15) is 9.18 Å². The summed E-state index contributed by atoms with van der Waals surface area (Å²) in [4.78, 5) is 10.1. The second kappa shape index (κ2) is 2.69. The van der Waals surface area contributed by atoms with Crippen LogP contribution in [0.2, 0.25) is 0 Å². The quantitative estimate of drug-likeness (QED) is 0.678. The zero-order valence-electron chi connectivity index (χ0n) is 5.91. The summed E-state index contributed by atoms with van der Waals surface area (Å²) in [5.74, 6) is -1.68. The lowest BCUT2D eigenvalue weighted by Crippen LogP contribution is -2.11. The molecule has 0 aromatic carbocycles. The molecule has 1 heterocycles. The molecule has 11 heavy (non-hydrogen) atoms. The highest BCUT2D eigenvalue weighted by atomic mass is 19.1. The molecule has 1 rings (SSSR count). The molecule has 0 unspecified atom stereocenters. The molecule has 0 radical (unpaired) electrons. The Morgan fingerprint density at radius 1 is 1.91 bits per heavy atom. The fourth-order valence-corrected chi connectivity index (χ4v) is 0.758. The van der Waals surface area contributed by atoms with Crippen LogP contribution in [-0.2, 0) is 11.3 Å². The minimum absolute atomic E-state index is 0.296. The number of carbonyl (C=O) groups is 1. The number of carboxylic acids is 1. The molecular formula is C6H7FN2O2. The van der Waals surface area contributed by atoms with Gasteiger partial charge in [-0.2, -0.15) is 4.39 Å². The molecule has 4 nitrogen and oxygen atoms in total.